The van der Waals surface area contributed by atoms with Crippen molar-refractivity contribution in [2.45, 2.75) is 0 Å². The first-order chi connectivity index (χ1) is 7.70. The molecule has 0 spiro atoms. The molecule has 1 aromatic heterocycles. The minimum absolute atomic E-state index is 0.212. The second-order valence-electron chi connectivity index (χ2n) is 3.21. The van der Waals surface area contributed by atoms with Gasteiger partial charge < -0.3 is 10.5 Å². The number of anilines is 1. The van der Waals surface area contributed by atoms with E-state index < -0.39 is 5.69 Å². The lowest BCUT2D eigenvalue weighted by atomic mass is 10.3. The van der Waals surface area contributed by atoms with Gasteiger partial charge in [-0.3, -0.25) is 4.57 Å². The number of benzene rings is 1. The maximum absolute atomic E-state index is 11.6. The Morgan fingerprint density at radius 1 is 1.38 bits per heavy atom. The third-order valence-electron chi connectivity index (χ3n) is 2.16. The van der Waals surface area contributed by atoms with Crippen LogP contribution in [0.5, 0.6) is 5.75 Å². The minimum Gasteiger partial charge on any atom is -0.497 e. The summed E-state index contributed by atoms with van der Waals surface area (Å²) >= 11 is 0. The quantitative estimate of drug-likeness (QED) is 0.808. The molecule has 16 heavy (non-hydrogen) atoms. The van der Waals surface area contributed by atoms with Gasteiger partial charge in [-0.05, 0) is 18.2 Å². The van der Waals surface area contributed by atoms with E-state index in [1.807, 2.05) is 0 Å². The predicted octanol–water partition coefficient (Wildman–Crippen LogP) is 0.823. The van der Waals surface area contributed by atoms with Gasteiger partial charge in [-0.2, -0.15) is 4.98 Å². The number of nitrogen functional groups attached to an aromatic ring is 1. The molecule has 2 rings (SSSR count). The third-order valence-corrected chi connectivity index (χ3v) is 2.16. The number of nitrogens with zero attached hydrogens (tertiary/aromatic N) is 2. The van der Waals surface area contributed by atoms with Crippen molar-refractivity contribution in [2.24, 2.45) is 0 Å². The monoisotopic (exact) mass is 217 g/mol. The third kappa shape index (κ3) is 1.88. The Hall–Kier alpha value is -2.30. The molecule has 0 saturated heterocycles. The SMILES string of the molecule is COc1cccc(-n2ccc(N)nc2=O)c1. The van der Waals surface area contributed by atoms with Crippen molar-refractivity contribution in [3.8, 4) is 11.4 Å². The van der Waals surface area contributed by atoms with E-state index in [0.29, 0.717) is 11.4 Å². The van der Waals surface area contributed by atoms with Crippen molar-refractivity contribution in [3.63, 3.8) is 0 Å². The zero-order valence-corrected chi connectivity index (χ0v) is 8.75. The van der Waals surface area contributed by atoms with Crippen LogP contribution in [0.15, 0.2) is 41.3 Å². The number of rotatable bonds is 2. The number of hydrogen-bond acceptors (Lipinski definition) is 4. The molecule has 0 fully saturated rings. The van der Waals surface area contributed by atoms with Crippen molar-refractivity contribution in [3.05, 3.63) is 47.0 Å². The maximum Gasteiger partial charge on any atom is 0.354 e. The fraction of sp³-hybridized carbons (Fsp3) is 0.0909. The predicted molar refractivity (Wildman–Crippen MR) is 60.8 cm³/mol. The first-order valence-electron chi connectivity index (χ1n) is 4.70. The zero-order valence-electron chi connectivity index (χ0n) is 8.75. The molecule has 1 aromatic carbocycles. The van der Waals surface area contributed by atoms with Crippen LogP contribution >= 0.6 is 0 Å². The average molecular weight is 217 g/mol. The van der Waals surface area contributed by atoms with Gasteiger partial charge in [-0.15, -0.1) is 0 Å². The molecule has 0 unspecified atom stereocenters. The highest BCUT2D eigenvalue weighted by Gasteiger charge is 2.01. The Balaban J connectivity index is 2.54. The standard InChI is InChI=1S/C11H11N3O2/c1-16-9-4-2-3-8(7-9)14-6-5-10(12)13-11(14)15/h2-7H,1H3,(H2,12,13,15). The van der Waals surface area contributed by atoms with Gasteiger partial charge in [0.2, 0.25) is 0 Å². The minimum atomic E-state index is -0.409. The molecule has 5 heteroatoms. The van der Waals surface area contributed by atoms with E-state index in [1.165, 1.54) is 4.57 Å². The van der Waals surface area contributed by atoms with Gasteiger partial charge in [0.05, 0.1) is 12.8 Å². The van der Waals surface area contributed by atoms with Crippen LogP contribution in [-0.4, -0.2) is 16.7 Å². The number of aromatic nitrogens is 2. The molecule has 0 saturated carbocycles. The molecule has 2 N–H and O–H groups in total. The highest BCUT2D eigenvalue weighted by Crippen LogP contribution is 2.14. The molecular formula is C11H11N3O2. The van der Waals surface area contributed by atoms with E-state index >= 15 is 0 Å². The number of nitrogens with two attached hydrogens (primary N) is 1. The van der Waals surface area contributed by atoms with Crippen LogP contribution < -0.4 is 16.2 Å². The summed E-state index contributed by atoms with van der Waals surface area (Å²) < 4.78 is 6.48. The summed E-state index contributed by atoms with van der Waals surface area (Å²) in [5.41, 5.74) is 5.70. The average Bonchev–Trinajstić information content (AvgIpc) is 2.29. The van der Waals surface area contributed by atoms with Gasteiger partial charge in [0.15, 0.2) is 0 Å². The largest absolute Gasteiger partial charge is 0.497 e. The van der Waals surface area contributed by atoms with Gasteiger partial charge in [-0.1, -0.05) is 6.07 Å². The normalized spacial score (nSPS) is 10.1. The summed E-state index contributed by atoms with van der Waals surface area (Å²) in [7, 11) is 1.57. The van der Waals surface area contributed by atoms with E-state index in [-0.39, 0.29) is 5.82 Å². The Labute approximate surface area is 92.1 Å². The smallest absolute Gasteiger partial charge is 0.354 e. The van der Waals surface area contributed by atoms with Crippen molar-refractivity contribution >= 4 is 5.82 Å². The van der Waals surface area contributed by atoms with Crippen LogP contribution in [0.1, 0.15) is 0 Å². The highest BCUT2D eigenvalue weighted by molar-refractivity contribution is 5.40. The van der Waals surface area contributed by atoms with Crippen molar-refractivity contribution in [1.29, 1.82) is 0 Å². The number of ether oxygens (including phenoxy) is 1. The number of hydrogen-bond donors (Lipinski definition) is 1. The summed E-state index contributed by atoms with van der Waals surface area (Å²) in [6, 6.07) is 8.72. The van der Waals surface area contributed by atoms with Gasteiger partial charge in [0, 0.05) is 12.3 Å². The lowest BCUT2D eigenvalue weighted by molar-refractivity contribution is 0.414. The topological polar surface area (TPSA) is 70.1 Å². The van der Waals surface area contributed by atoms with E-state index in [4.69, 9.17) is 10.5 Å². The first-order valence-corrected chi connectivity index (χ1v) is 4.70. The van der Waals surface area contributed by atoms with Gasteiger partial charge in [-0.25, -0.2) is 4.79 Å². The molecule has 0 aliphatic heterocycles. The van der Waals surface area contributed by atoms with Crippen molar-refractivity contribution in [1.82, 2.24) is 9.55 Å². The van der Waals surface area contributed by atoms with E-state index in [0.717, 1.165) is 0 Å². The second kappa shape index (κ2) is 4.06. The van der Waals surface area contributed by atoms with Crippen LogP contribution in [0.4, 0.5) is 5.82 Å². The Bertz CT molecular complexity index is 563. The lowest BCUT2D eigenvalue weighted by Crippen LogP contribution is -2.21. The lowest BCUT2D eigenvalue weighted by Gasteiger charge is -2.06. The molecule has 0 bridgehead atoms. The summed E-state index contributed by atoms with van der Waals surface area (Å²) in [4.78, 5) is 15.2. The molecule has 0 amide bonds. The summed E-state index contributed by atoms with van der Waals surface area (Å²) in [5.74, 6) is 0.894. The first kappa shape index (κ1) is 10.2. The maximum atomic E-state index is 11.6. The van der Waals surface area contributed by atoms with Gasteiger partial charge in [0.25, 0.3) is 0 Å². The van der Waals surface area contributed by atoms with Crippen LogP contribution in [0, 0.1) is 0 Å². The molecule has 0 atom stereocenters. The number of methoxy groups -OCH3 is 1. The van der Waals surface area contributed by atoms with E-state index in [9.17, 15) is 4.79 Å². The summed E-state index contributed by atoms with van der Waals surface area (Å²) in [6.45, 7) is 0. The van der Waals surface area contributed by atoms with Gasteiger partial charge >= 0.3 is 5.69 Å². The molecule has 5 nitrogen and oxygen atoms in total. The molecular weight excluding hydrogens is 206 g/mol. The van der Waals surface area contributed by atoms with Crippen LogP contribution in [0.2, 0.25) is 0 Å². The van der Waals surface area contributed by atoms with Crippen molar-refractivity contribution < 1.29 is 4.74 Å². The summed E-state index contributed by atoms with van der Waals surface area (Å²) in [6.07, 6.45) is 1.58. The molecule has 82 valence electrons. The summed E-state index contributed by atoms with van der Waals surface area (Å²) in [5, 5.41) is 0. The Morgan fingerprint density at radius 2 is 2.19 bits per heavy atom. The van der Waals surface area contributed by atoms with Crippen LogP contribution in [-0.2, 0) is 0 Å². The molecule has 0 aliphatic rings. The van der Waals surface area contributed by atoms with Crippen molar-refractivity contribution in [2.75, 3.05) is 12.8 Å². The second-order valence-corrected chi connectivity index (χ2v) is 3.21. The Morgan fingerprint density at radius 3 is 2.88 bits per heavy atom. The van der Waals surface area contributed by atoms with Gasteiger partial charge in [0.1, 0.15) is 11.6 Å². The fourth-order valence-electron chi connectivity index (χ4n) is 1.37. The molecule has 0 radical (unpaired) electrons. The van der Waals surface area contributed by atoms with Crippen LogP contribution in [0.25, 0.3) is 5.69 Å². The van der Waals surface area contributed by atoms with E-state index in [2.05, 4.69) is 4.98 Å². The van der Waals surface area contributed by atoms with Crippen LogP contribution in [0.3, 0.4) is 0 Å². The van der Waals surface area contributed by atoms with E-state index in [1.54, 1.807) is 43.6 Å². The molecule has 2 aromatic rings. The Kier molecular flexibility index (Phi) is 2.59. The molecule has 1 heterocycles. The fourth-order valence-corrected chi connectivity index (χ4v) is 1.37. The molecule has 0 aliphatic carbocycles. The zero-order chi connectivity index (χ0) is 11.5. The highest BCUT2D eigenvalue weighted by atomic mass is 16.5.